The predicted octanol–water partition coefficient (Wildman–Crippen LogP) is 5.17. The highest BCUT2D eigenvalue weighted by Gasteiger charge is 2.29. The van der Waals surface area contributed by atoms with Gasteiger partial charge in [-0.15, -0.1) is 0 Å². The Morgan fingerprint density at radius 1 is 1.00 bits per heavy atom. The summed E-state index contributed by atoms with van der Waals surface area (Å²) >= 11 is 0. The number of rotatable bonds is 9. The molecule has 1 amide bonds. The van der Waals surface area contributed by atoms with Crippen LogP contribution >= 0.6 is 0 Å². The largest absolute Gasteiger partial charge is 0.497 e. The van der Waals surface area contributed by atoms with E-state index in [4.69, 9.17) is 4.74 Å². The van der Waals surface area contributed by atoms with Gasteiger partial charge in [-0.25, -0.2) is 13.4 Å². The number of nitrogens with zero attached hydrogens (tertiary/aromatic N) is 3. The summed E-state index contributed by atoms with van der Waals surface area (Å²) in [5.41, 5.74) is 1.51. The van der Waals surface area contributed by atoms with Gasteiger partial charge in [0.25, 0.3) is 15.9 Å². The molecule has 198 valence electrons. The maximum absolute atomic E-state index is 14.2. The number of aromatic nitrogens is 3. The van der Waals surface area contributed by atoms with Crippen LogP contribution in [0.4, 0.5) is 5.69 Å². The van der Waals surface area contributed by atoms with Crippen molar-refractivity contribution in [2.75, 3.05) is 11.8 Å². The molecule has 5 rings (SSSR count). The lowest BCUT2D eigenvalue weighted by Crippen LogP contribution is -2.34. The minimum atomic E-state index is -4.11. The highest BCUT2D eigenvalue weighted by atomic mass is 32.2. The fraction of sp³-hybridized carbons (Fsp3) is 0.138. The Kier molecular flexibility index (Phi) is 7.29. The number of benzene rings is 3. The molecule has 0 aliphatic heterocycles. The second-order valence-electron chi connectivity index (χ2n) is 8.92. The summed E-state index contributed by atoms with van der Waals surface area (Å²) in [5.74, 6) is 0.625. The molecular weight excluding hydrogens is 514 g/mol. The molecule has 2 aromatic heterocycles. The number of anilines is 1. The molecule has 0 bridgehead atoms. The molecule has 1 unspecified atom stereocenters. The number of carbonyl (C=O) groups excluding carboxylic acids is 1. The number of ether oxygens (including phenoxy) is 1. The summed E-state index contributed by atoms with van der Waals surface area (Å²) in [7, 11) is -2.62. The van der Waals surface area contributed by atoms with Crippen LogP contribution in [0.2, 0.25) is 0 Å². The zero-order valence-electron chi connectivity index (χ0n) is 21.4. The number of H-pyrrole nitrogens is 1. The average Bonchev–Trinajstić information content (AvgIpc) is 3.51. The average molecular weight is 542 g/mol. The monoisotopic (exact) mass is 541 g/mol. The maximum atomic E-state index is 14.2. The predicted molar refractivity (Wildman–Crippen MR) is 149 cm³/mol. The maximum Gasteiger partial charge on any atom is 0.264 e. The van der Waals surface area contributed by atoms with E-state index in [9.17, 15) is 13.2 Å². The molecular formula is C29H27N5O4S. The van der Waals surface area contributed by atoms with Gasteiger partial charge in [0.15, 0.2) is 0 Å². The van der Waals surface area contributed by atoms with E-state index in [1.165, 1.54) is 25.3 Å². The van der Waals surface area contributed by atoms with E-state index in [-0.39, 0.29) is 22.7 Å². The summed E-state index contributed by atoms with van der Waals surface area (Å²) in [5, 5.41) is 0.688. The van der Waals surface area contributed by atoms with Crippen molar-refractivity contribution in [3.8, 4) is 5.75 Å². The number of hydrogen-bond donors (Lipinski definition) is 2. The van der Waals surface area contributed by atoms with Gasteiger partial charge in [-0.2, -0.15) is 0 Å². The van der Waals surface area contributed by atoms with Crippen molar-refractivity contribution in [3.63, 3.8) is 0 Å². The van der Waals surface area contributed by atoms with E-state index in [2.05, 4.69) is 19.7 Å². The Balaban J connectivity index is 1.57. The Bertz CT molecular complexity index is 1700. The zero-order valence-corrected chi connectivity index (χ0v) is 22.2. The third-order valence-electron chi connectivity index (χ3n) is 6.43. The molecule has 5 aromatic rings. The van der Waals surface area contributed by atoms with Gasteiger partial charge < -0.3 is 14.6 Å². The first-order valence-electron chi connectivity index (χ1n) is 12.3. The van der Waals surface area contributed by atoms with Gasteiger partial charge in [-0.1, -0.05) is 48.5 Å². The first-order valence-corrected chi connectivity index (χ1v) is 13.7. The van der Waals surface area contributed by atoms with Crippen molar-refractivity contribution in [1.29, 1.82) is 0 Å². The van der Waals surface area contributed by atoms with E-state index in [1.807, 2.05) is 37.3 Å². The first kappa shape index (κ1) is 25.9. The third kappa shape index (κ3) is 5.46. The van der Waals surface area contributed by atoms with Crippen molar-refractivity contribution in [2.24, 2.45) is 0 Å². The van der Waals surface area contributed by atoms with Crippen molar-refractivity contribution in [3.05, 3.63) is 114 Å². The smallest absolute Gasteiger partial charge is 0.264 e. The van der Waals surface area contributed by atoms with E-state index < -0.39 is 22.0 Å². The molecule has 0 radical (unpaired) electrons. The topological polar surface area (TPSA) is 117 Å². The second-order valence-corrected chi connectivity index (χ2v) is 10.6. The quantitative estimate of drug-likeness (QED) is 0.266. The van der Waals surface area contributed by atoms with Crippen LogP contribution in [-0.2, 0) is 16.6 Å². The lowest BCUT2D eigenvalue weighted by Gasteiger charge is -2.29. The van der Waals surface area contributed by atoms with Crippen LogP contribution in [0.25, 0.3) is 10.9 Å². The van der Waals surface area contributed by atoms with Gasteiger partial charge in [0.1, 0.15) is 16.5 Å². The Labute approximate surface area is 226 Å². The molecule has 0 fully saturated rings. The number of carbonyl (C=O) groups is 1. The second kappa shape index (κ2) is 11.0. The van der Waals surface area contributed by atoms with Gasteiger partial charge in [-0.05, 0) is 42.8 Å². The van der Waals surface area contributed by atoms with E-state index in [0.717, 1.165) is 5.56 Å². The molecule has 0 aliphatic rings. The fourth-order valence-corrected chi connectivity index (χ4v) is 5.64. The number of aromatic amines is 1. The highest BCUT2D eigenvalue weighted by molar-refractivity contribution is 7.93. The van der Waals surface area contributed by atoms with Crippen LogP contribution in [0.15, 0.2) is 102 Å². The minimum absolute atomic E-state index is 0.0138. The van der Waals surface area contributed by atoms with Crippen molar-refractivity contribution < 1.29 is 17.9 Å². The normalized spacial score (nSPS) is 12.2. The van der Waals surface area contributed by atoms with E-state index in [1.54, 1.807) is 53.8 Å². The number of nitrogens with one attached hydrogen (secondary N) is 2. The van der Waals surface area contributed by atoms with Gasteiger partial charge in [0, 0.05) is 30.5 Å². The van der Waals surface area contributed by atoms with Crippen LogP contribution in [0, 0.1) is 0 Å². The van der Waals surface area contributed by atoms with Crippen molar-refractivity contribution in [1.82, 2.24) is 19.9 Å². The number of hydrogen-bond acceptors (Lipinski definition) is 6. The molecule has 9 nitrogen and oxygen atoms in total. The molecule has 3 aromatic carbocycles. The van der Waals surface area contributed by atoms with Gasteiger partial charge in [0.2, 0.25) is 0 Å². The van der Waals surface area contributed by atoms with E-state index >= 15 is 0 Å². The summed E-state index contributed by atoms with van der Waals surface area (Å²) in [4.78, 5) is 27.5. The molecule has 0 spiro atoms. The Hall–Kier alpha value is -4.70. The van der Waals surface area contributed by atoms with Crippen molar-refractivity contribution in [2.45, 2.75) is 24.4 Å². The van der Waals surface area contributed by atoms with Crippen LogP contribution in [0.5, 0.6) is 5.75 Å². The first-order chi connectivity index (χ1) is 18.9. The molecule has 39 heavy (non-hydrogen) atoms. The van der Waals surface area contributed by atoms with Crippen LogP contribution in [0.3, 0.4) is 0 Å². The van der Waals surface area contributed by atoms with Crippen molar-refractivity contribution >= 4 is 32.5 Å². The number of sulfonamides is 1. The molecule has 10 heteroatoms. The molecule has 2 heterocycles. The molecule has 0 saturated heterocycles. The SMILES string of the molecule is COc1ccc(NS(=O)(=O)c2cccc3cccnc23)c(C(=O)N(Cc2ccccc2)C(C)c2ncc[nH]2)c1. The molecule has 0 aliphatic carbocycles. The summed E-state index contributed by atoms with van der Waals surface area (Å²) in [6.45, 7) is 2.14. The Morgan fingerprint density at radius 3 is 2.54 bits per heavy atom. The third-order valence-corrected chi connectivity index (χ3v) is 7.82. The van der Waals surface area contributed by atoms with Gasteiger partial charge in [-0.3, -0.25) is 14.5 Å². The number of imidazole rings is 1. The summed E-state index contributed by atoms with van der Waals surface area (Å²) < 4.78 is 35.2. The Morgan fingerprint density at radius 2 is 1.79 bits per heavy atom. The molecule has 1 atom stereocenters. The van der Waals surface area contributed by atoms with Crippen LogP contribution < -0.4 is 9.46 Å². The molecule has 2 N–H and O–H groups in total. The highest BCUT2D eigenvalue weighted by Crippen LogP contribution is 2.31. The summed E-state index contributed by atoms with van der Waals surface area (Å²) in [6, 6.07) is 22.3. The van der Waals surface area contributed by atoms with Crippen LogP contribution in [0.1, 0.15) is 34.7 Å². The fourth-order valence-electron chi connectivity index (χ4n) is 4.38. The number of fused-ring (bicyclic) bond motifs is 1. The van der Waals surface area contributed by atoms with Crippen LogP contribution in [-0.4, -0.2) is 41.3 Å². The standard InChI is InChI=1S/C29H27N5O4S/c1-20(28-31-16-17-32-28)34(19-21-8-4-3-5-9-21)29(35)24-18-23(38-2)13-14-25(24)33-39(36,37)26-12-6-10-22-11-7-15-30-27(22)26/h3-18,20,33H,19H2,1-2H3,(H,31,32). The number of pyridine rings is 1. The minimum Gasteiger partial charge on any atom is -0.497 e. The lowest BCUT2D eigenvalue weighted by atomic mass is 10.1. The van der Waals surface area contributed by atoms with Gasteiger partial charge >= 0.3 is 0 Å². The number of para-hydroxylation sites is 1. The van der Waals surface area contributed by atoms with E-state index in [0.29, 0.717) is 22.5 Å². The zero-order chi connectivity index (χ0) is 27.4. The molecule has 0 saturated carbocycles. The number of methoxy groups -OCH3 is 1. The lowest BCUT2D eigenvalue weighted by molar-refractivity contribution is 0.0667. The van der Waals surface area contributed by atoms with Gasteiger partial charge in [0.05, 0.1) is 29.9 Å². The summed E-state index contributed by atoms with van der Waals surface area (Å²) in [6.07, 6.45) is 4.86. The number of amides is 1.